The highest BCUT2D eigenvalue weighted by atomic mass is 16.5. The van der Waals surface area contributed by atoms with Gasteiger partial charge < -0.3 is 15.4 Å². The van der Waals surface area contributed by atoms with Crippen LogP contribution in [-0.2, 0) is 16.1 Å². The van der Waals surface area contributed by atoms with Gasteiger partial charge in [-0.05, 0) is 36.8 Å². The molecule has 130 valence electrons. The molecule has 0 spiro atoms. The highest BCUT2D eigenvalue weighted by molar-refractivity contribution is 5.92. The number of hydrogen-bond acceptors (Lipinski definition) is 3. The lowest BCUT2D eigenvalue weighted by molar-refractivity contribution is -0.116. The number of carbonyl (C=O) groups excluding carboxylic acids is 2. The Labute approximate surface area is 147 Å². The van der Waals surface area contributed by atoms with E-state index < -0.39 is 0 Å². The van der Waals surface area contributed by atoms with Crippen molar-refractivity contribution in [1.29, 1.82) is 0 Å². The van der Waals surface area contributed by atoms with E-state index >= 15 is 0 Å². The fraction of sp³-hybridized carbons (Fsp3) is 0.200. The van der Waals surface area contributed by atoms with Crippen molar-refractivity contribution in [2.45, 2.75) is 20.4 Å². The van der Waals surface area contributed by atoms with E-state index in [0.29, 0.717) is 13.2 Å². The van der Waals surface area contributed by atoms with Gasteiger partial charge in [0, 0.05) is 30.8 Å². The first-order chi connectivity index (χ1) is 12.1. The summed E-state index contributed by atoms with van der Waals surface area (Å²) in [6.45, 7) is 4.37. The molecular weight excluding hydrogens is 316 g/mol. The van der Waals surface area contributed by atoms with Crippen molar-refractivity contribution < 1.29 is 14.3 Å². The average molecular weight is 338 g/mol. The van der Waals surface area contributed by atoms with Crippen LogP contribution in [0, 0.1) is 0 Å². The van der Waals surface area contributed by atoms with Gasteiger partial charge in [-0.2, -0.15) is 0 Å². The van der Waals surface area contributed by atoms with E-state index in [0.717, 1.165) is 22.6 Å². The van der Waals surface area contributed by atoms with Gasteiger partial charge in [-0.1, -0.05) is 30.3 Å². The first-order valence-corrected chi connectivity index (χ1v) is 8.12. The molecule has 0 aromatic heterocycles. The molecule has 0 unspecified atom stereocenters. The Morgan fingerprint density at radius 2 is 1.80 bits per heavy atom. The molecule has 25 heavy (non-hydrogen) atoms. The van der Waals surface area contributed by atoms with E-state index in [9.17, 15) is 9.59 Å². The molecule has 5 heteroatoms. The summed E-state index contributed by atoms with van der Waals surface area (Å²) in [5.74, 6) is 0.482. The number of rotatable bonds is 7. The largest absolute Gasteiger partial charge is 0.494 e. The van der Waals surface area contributed by atoms with Crippen molar-refractivity contribution in [1.82, 2.24) is 5.32 Å². The summed E-state index contributed by atoms with van der Waals surface area (Å²) < 4.78 is 5.54. The Kier molecular flexibility index (Phi) is 6.77. The summed E-state index contributed by atoms with van der Waals surface area (Å²) in [6, 6.07) is 14.9. The van der Waals surface area contributed by atoms with E-state index in [1.54, 1.807) is 18.2 Å². The summed E-state index contributed by atoms with van der Waals surface area (Å²) in [5.41, 5.74) is 2.53. The van der Waals surface area contributed by atoms with E-state index in [-0.39, 0.29) is 11.8 Å². The highest BCUT2D eigenvalue weighted by Gasteiger charge is 2.03. The number of nitrogens with one attached hydrogen (secondary N) is 2. The average Bonchev–Trinajstić information content (AvgIpc) is 2.60. The molecule has 0 aliphatic heterocycles. The zero-order valence-corrected chi connectivity index (χ0v) is 14.4. The van der Waals surface area contributed by atoms with E-state index in [2.05, 4.69) is 10.6 Å². The number of hydrogen-bond donors (Lipinski definition) is 2. The van der Waals surface area contributed by atoms with Gasteiger partial charge in [0.2, 0.25) is 11.8 Å². The predicted octanol–water partition coefficient (Wildman–Crippen LogP) is 3.37. The van der Waals surface area contributed by atoms with Crippen molar-refractivity contribution in [3.05, 3.63) is 65.7 Å². The number of para-hydroxylation sites is 1. The predicted molar refractivity (Wildman–Crippen MR) is 99.2 cm³/mol. The lowest BCUT2D eigenvalue weighted by atomic mass is 10.2. The minimum absolute atomic E-state index is 0.116. The molecule has 2 aromatic rings. The third-order valence-corrected chi connectivity index (χ3v) is 3.38. The van der Waals surface area contributed by atoms with Crippen molar-refractivity contribution in [3.8, 4) is 5.75 Å². The van der Waals surface area contributed by atoms with Crippen LogP contribution in [0.25, 0.3) is 6.08 Å². The summed E-state index contributed by atoms with van der Waals surface area (Å²) >= 11 is 0. The highest BCUT2D eigenvalue weighted by Crippen LogP contribution is 2.17. The van der Waals surface area contributed by atoms with Crippen LogP contribution in [0.2, 0.25) is 0 Å². The van der Waals surface area contributed by atoms with Crippen LogP contribution in [0.3, 0.4) is 0 Å². The third kappa shape index (κ3) is 6.14. The fourth-order valence-electron chi connectivity index (χ4n) is 2.24. The van der Waals surface area contributed by atoms with Gasteiger partial charge >= 0.3 is 0 Å². The van der Waals surface area contributed by atoms with Gasteiger partial charge in [0.15, 0.2) is 0 Å². The van der Waals surface area contributed by atoms with Crippen molar-refractivity contribution in [3.63, 3.8) is 0 Å². The first kappa shape index (κ1) is 18.3. The zero-order chi connectivity index (χ0) is 18.1. The van der Waals surface area contributed by atoms with Crippen LogP contribution in [0.15, 0.2) is 54.6 Å². The quantitative estimate of drug-likeness (QED) is 0.761. The number of benzene rings is 2. The Morgan fingerprint density at radius 3 is 2.48 bits per heavy atom. The third-order valence-electron chi connectivity index (χ3n) is 3.38. The van der Waals surface area contributed by atoms with Crippen LogP contribution < -0.4 is 15.4 Å². The van der Waals surface area contributed by atoms with Gasteiger partial charge in [-0.3, -0.25) is 9.59 Å². The molecular formula is C20H22N2O3. The molecule has 2 aromatic carbocycles. The molecule has 0 aliphatic rings. The summed E-state index contributed by atoms with van der Waals surface area (Å²) in [4.78, 5) is 23.0. The molecule has 0 saturated carbocycles. The molecule has 0 aliphatic carbocycles. The molecule has 0 bridgehead atoms. The van der Waals surface area contributed by atoms with Crippen LogP contribution in [0.1, 0.15) is 25.0 Å². The monoisotopic (exact) mass is 338 g/mol. The maximum atomic E-state index is 12.0. The number of anilines is 1. The molecule has 2 rings (SSSR count). The van der Waals surface area contributed by atoms with Gasteiger partial charge in [-0.15, -0.1) is 0 Å². The Balaban J connectivity index is 1.89. The minimum Gasteiger partial charge on any atom is -0.494 e. The van der Waals surface area contributed by atoms with Gasteiger partial charge in [-0.25, -0.2) is 0 Å². The second-order valence-corrected chi connectivity index (χ2v) is 5.40. The van der Waals surface area contributed by atoms with Crippen LogP contribution >= 0.6 is 0 Å². The topological polar surface area (TPSA) is 67.4 Å². The lowest BCUT2D eigenvalue weighted by Crippen LogP contribution is -2.20. The van der Waals surface area contributed by atoms with Crippen LogP contribution in [-0.4, -0.2) is 18.4 Å². The second-order valence-electron chi connectivity index (χ2n) is 5.40. The summed E-state index contributed by atoms with van der Waals surface area (Å²) in [5, 5.41) is 5.54. The number of amides is 2. The minimum atomic E-state index is -0.183. The van der Waals surface area contributed by atoms with Gasteiger partial charge in [0.25, 0.3) is 0 Å². The Bertz CT molecular complexity index is 752. The van der Waals surface area contributed by atoms with Gasteiger partial charge in [0.05, 0.1) is 6.61 Å². The van der Waals surface area contributed by atoms with Crippen LogP contribution in [0.5, 0.6) is 5.75 Å². The van der Waals surface area contributed by atoms with E-state index in [4.69, 9.17) is 4.74 Å². The molecule has 5 nitrogen and oxygen atoms in total. The Hall–Kier alpha value is -3.08. The van der Waals surface area contributed by atoms with Gasteiger partial charge in [0.1, 0.15) is 5.75 Å². The fourth-order valence-corrected chi connectivity index (χ4v) is 2.24. The zero-order valence-electron chi connectivity index (χ0n) is 14.4. The van der Waals surface area contributed by atoms with Crippen molar-refractivity contribution in [2.75, 3.05) is 11.9 Å². The van der Waals surface area contributed by atoms with E-state index in [1.165, 1.54) is 13.0 Å². The second kappa shape index (κ2) is 9.27. The Morgan fingerprint density at radius 1 is 1.08 bits per heavy atom. The maximum absolute atomic E-state index is 12.0. The smallest absolute Gasteiger partial charge is 0.244 e. The van der Waals surface area contributed by atoms with Crippen LogP contribution in [0.4, 0.5) is 5.69 Å². The molecule has 2 N–H and O–H groups in total. The molecule has 0 saturated heterocycles. The SMILES string of the molecule is CCOc1ccccc1CNC(=O)/C=C/c1ccc(NC(C)=O)cc1. The number of carbonyl (C=O) groups is 2. The molecule has 0 atom stereocenters. The molecule has 0 heterocycles. The molecule has 0 fully saturated rings. The van der Waals surface area contributed by atoms with E-state index in [1.807, 2.05) is 43.3 Å². The number of ether oxygens (including phenoxy) is 1. The standard InChI is InChI=1S/C20H22N2O3/c1-3-25-19-7-5-4-6-17(19)14-21-20(24)13-10-16-8-11-18(12-9-16)22-15(2)23/h4-13H,3,14H2,1-2H3,(H,21,24)(H,22,23)/b13-10+. The summed E-state index contributed by atoms with van der Waals surface area (Å²) in [6.07, 6.45) is 3.21. The van der Waals surface area contributed by atoms with Crippen molar-refractivity contribution in [2.24, 2.45) is 0 Å². The summed E-state index contributed by atoms with van der Waals surface area (Å²) in [7, 11) is 0. The molecule has 0 radical (unpaired) electrons. The molecule has 2 amide bonds. The first-order valence-electron chi connectivity index (χ1n) is 8.12. The van der Waals surface area contributed by atoms with Crippen molar-refractivity contribution >= 4 is 23.6 Å². The normalized spacial score (nSPS) is 10.5. The lowest BCUT2D eigenvalue weighted by Gasteiger charge is -2.10. The maximum Gasteiger partial charge on any atom is 0.244 e.